The minimum Gasteiger partial charge on any atom is -0.353 e. The molecule has 8 heteroatoms. The Morgan fingerprint density at radius 1 is 1.13 bits per heavy atom. The minimum atomic E-state index is -0.0689. The molecule has 1 amide bonds. The number of para-hydroxylation sites is 1. The molecule has 2 heterocycles. The number of carbonyl (C=O) groups excluding carboxylic acids is 1. The summed E-state index contributed by atoms with van der Waals surface area (Å²) in [7, 11) is 0. The third-order valence-corrected chi connectivity index (χ3v) is 5.69. The van der Waals surface area contributed by atoms with Gasteiger partial charge in [-0.05, 0) is 32.9 Å². The number of amides is 1. The van der Waals surface area contributed by atoms with Crippen molar-refractivity contribution in [3.8, 4) is 22.6 Å². The maximum absolute atomic E-state index is 12.0. The number of aromatic nitrogens is 4. The second-order valence-corrected chi connectivity index (χ2v) is 8.57. The van der Waals surface area contributed by atoms with E-state index in [-0.39, 0.29) is 17.7 Å². The van der Waals surface area contributed by atoms with E-state index in [1.165, 1.54) is 22.0 Å². The van der Waals surface area contributed by atoms with Gasteiger partial charge in [0.2, 0.25) is 11.1 Å². The molecule has 4 rings (SSSR count). The third kappa shape index (κ3) is 4.54. The lowest BCUT2D eigenvalue weighted by atomic mass is 10.0. The van der Waals surface area contributed by atoms with E-state index >= 15 is 0 Å². The molecule has 4 aromatic rings. The van der Waals surface area contributed by atoms with Crippen LogP contribution in [0.25, 0.3) is 33.5 Å². The number of nitrogens with two attached hydrogens (primary N) is 1. The topological polar surface area (TPSA) is 98.7 Å². The largest absolute Gasteiger partial charge is 0.353 e. The second kappa shape index (κ2) is 8.77. The van der Waals surface area contributed by atoms with E-state index in [0.717, 1.165) is 27.7 Å². The zero-order valence-corrected chi connectivity index (χ0v) is 18.5. The molecular weight excluding hydrogens is 408 g/mol. The first-order chi connectivity index (χ1) is 14.9. The highest BCUT2D eigenvalue weighted by Gasteiger charge is 2.18. The number of fused-ring (bicyclic) bond motifs is 1. The number of hydrogen-bond acceptors (Lipinski definition) is 6. The molecule has 2 aromatic heterocycles. The Labute approximate surface area is 185 Å². The van der Waals surface area contributed by atoms with Gasteiger partial charge in [0, 0.05) is 22.6 Å². The van der Waals surface area contributed by atoms with Crippen LogP contribution in [0.1, 0.15) is 19.4 Å². The lowest BCUT2D eigenvalue weighted by Gasteiger charge is -2.10. The molecule has 31 heavy (non-hydrogen) atoms. The van der Waals surface area contributed by atoms with Crippen LogP contribution >= 0.6 is 11.8 Å². The predicted octanol–water partition coefficient (Wildman–Crippen LogP) is 3.80. The summed E-state index contributed by atoms with van der Waals surface area (Å²) in [6.07, 6.45) is 0. The van der Waals surface area contributed by atoms with Gasteiger partial charge >= 0.3 is 0 Å². The molecule has 0 aliphatic carbocycles. The highest BCUT2D eigenvalue weighted by Crippen LogP contribution is 2.32. The Morgan fingerprint density at radius 2 is 1.87 bits per heavy atom. The SMILES string of the molecule is Cc1ccc(-c2cc(-c3nnc(SCC(=O)NC(C)C)n3N)c3ccccc3n2)cc1. The third-order valence-electron chi connectivity index (χ3n) is 4.75. The standard InChI is InChI=1S/C23H24N6OS/c1-14(2)25-21(30)13-31-23-28-27-22(29(23)24)18-12-20(16-10-8-15(3)9-11-16)26-19-7-5-4-6-17(18)19/h4-12,14H,13,24H2,1-3H3,(H,25,30). The Kier molecular flexibility index (Phi) is 5.90. The van der Waals surface area contributed by atoms with Crippen LogP contribution in [0, 0.1) is 6.92 Å². The van der Waals surface area contributed by atoms with Crippen LogP contribution in [0.2, 0.25) is 0 Å². The lowest BCUT2D eigenvalue weighted by Crippen LogP contribution is -2.31. The van der Waals surface area contributed by atoms with Gasteiger partial charge in [0.1, 0.15) is 0 Å². The van der Waals surface area contributed by atoms with Gasteiger partial charge in [-0.15, -0.1) is 10.2 Å². The highest BCUT2D eigenvalue weighted by molar-refractivity contribution is 7.99. The number of carbonyl (C=O) groups is 1. The summed E-state index contributed by atoms with van der Waals surface area (Å²) in [5, 5.41) is 12.8. The van der Waals surface area contributed by atoms with Crippen molar-refractivity contribution in [3.63, 3.8) is 0 Å². The molecule has 7 nitrogen and oxygen atoms in total. The van der Waals surface area contributed by atoms with E-state index in [1.54, 1.807) is 0 Å². The number of hydrogen-bond donors (Lipinski definition) is 2. The highest BCUT2D eigenvalue weighted by atomic mass is 32.2. The second-order valence-electron chi connectivity index (χ2n) is 7.63. The molecule has 3 N–H and O–H groups in total. The number of thioether (sulfide) groups is 1. The number of rotatable bonds is 6. The number of benzene rings is 2. The summed E-state index contributed by atoms with van der Waals surface area (Å²) < 4.78 is 1.44. The number of nitrogen functional groups attached to an aromatic ring is 1. The van der Waals surface area contributed by atoms with Crippen molar-refractivity contribution in [3.05, 3.63) is 60.2 Å². The first-order valence-corrected chi connectivity index (χ1v) is 11.0. The van der Waals surface area contributed by atoms with Gasteiger partial charge in [-0.2, -0.15) is 0 Å². The van der Waals surface area contributed by atoms with Crippen molar-refractivity contribution < 1.29 is 4.79 Å². The summed E-state index contributed by atoms with van der Waals surface area (Å²) in [6, 6.07) is 18.2. The predicted molar refractivity (Wildman–Crippen MR) is 125 cm³/mol. The molecule has 0 atom stereocenters. The number of nitrogens with zero attached hydrogens (tertiary/aromatic N) is 4. The van der Waals surface area contributed by atoms with Crippen molar-refractivity contribution in [2.75, 3.05) is 11.6 Å². The molecule has 0 unspecified atom stereocenters. The quantitative estimate of drug-likeness (QED) is 0.355. The molecule has 0 saturated carbocycles. The molecular formula is C23H24N6OS. The Balaban J connectivity index is 1.73. The molecule has 0 bridgehead atoms. The van der Waals surface area contributed by atoms with Gasteiger partial charge < -0.3 is 11.2 Å². The fraction of sp³-hybridized carbons (Fsp3) is 0.217. The van der Waals surface area contributed by atoms with Crippen LogP contribution < -0.4 is 11.2 Å². The normalized spacial score (nSPS) is 11.2. The zero-order chi connectivity index (χ0) is 22.0. The van der Waals surface area contributed by atoms with Crippen LogP contribution in [0.4, 0.5) is 0 Å². The summed E-state index contributed by atoms with van der Waals surface area (Å²) in [6.45, 7) is 5.90. The average molecular weight is 433 g/mol. The molecule has 158 valence electrons. The number of aryl methyl sites for hydroxylation is 1. The van der Waals surface area contributed by atoms with Crippen molar-refractivity contribution in [2.45, 2.75) is 32.0 Å². The average Bonchev–Trinajstić information content (AvgIpc) is 3.11. The summed E-state index contributed by atoms with van der Waals surface area (Å²) in [4.78, 5) is 16.8. The van der Waals surface area contributed by atoms with E-state index in [4.69, 9.17) is 10.8 Å². The molecule has 0 aliphatic rings. The van der Waals surface area contributed by atoms with Crippen LogP contribution in [0.3, 0.4) is 0 Å². The van der Waals surface area contributed by atoms with Gasteiger partial charge in [-0.1, -0.05) is 59.8 Å². The smallest absolute Gasteiger partial charge is 0.230 e. The molecule has 2 aromatic carbocycles. The molecule has 0 saturated heterocycles. The van der Waals surface area contributed by atoms with E-state index in [9.17, 15) is 4.79 Å². The maximum atomic E-state index is 12.0. The number of nitrogens with one attached hydrogen (secondary N) is 1. The van der Waals surface area contributed by atoms with Crippen molar-refractivity contribution in [2.24, 2.45) is 0 Å². The van der Waals surface area contributed by atoms with Gasteiger partial charge in [-0.25, -0.2) is 9.66 Å². The van der Waals surface area contributed by atoms with Crippen LogP contribution in [0.5, 0.6) is 0 Å². The maximum Gasteiger partial charge on any atom is 0.230 e. The fourth-order valence-electron chi connectivity index (χ4n) is 3.29. The molecule has 0 spiro atoms. The van der Waals surface area contributed by atoms with E-state index in [2.05, 4.69) is 46.7 Å². The van der Waals surface area contributed by atoms with Crippen molar-refractivity contribution in [1.82, 2.24) is 25.2 Å². The Bertz CT molecular complexity index is 1230. The first-order valence-electron chi connectivity index (χ1n) is 10.0. The molecule has 0 fully saturated rings. The Hall–Kier alpha value is -3.39. The van der Waals surface area contributed by atoms with Gasteiger partial charge in [0.25, 0.3) is 0 Å². The van der Waals surface area contributed by atoms with Gasteiger partial charge in [-0.3, -0.25) is 4.79 Å². The van der Waals surface area contributed by atoms with Gasteiger partial charge in [0.05, 0.1) is 17.0 Å². The monoisotopic (exact) mass is 432 g/mol. The van der Waals surface area contributed by atoms with E-state index in [1.807, 2.05) is 44.2 Å². The first kappa shape index (κ1) is 20.9. The van der Waals surface area contributed by atoms with E-state index in [0.29, 0.717) is 11.0 Å². The molecule has 0 radical (unpaired) electrons. The minimum absolute atomic E-state index is 0.0689. The van der Waals surface area contributed by atoms with Gasteiger partial charge in [0.15, 0.2) is 5.82 Å². The number of pyridine rings is 1. The summed E-state index contributed by atoms with van der Waals surface area (Å²) >= 11 is 1.26. The fourth-order valence-corrected chi connectivity index (χ4v) is 3.95. The van der Waals surface area contributed by atoms with Crippen LogP contribution in [-0.4, -0.2) is 37.6 Å². The summed E-state index contributed by atoms with van der Waals surface area (Å²) in [5.41, 5.74) is 4.73. The zero-order valence-electron chi connectivity index (χ0n) is 17.7. The van der Waals surface area contributed by atoms with Crippen LogP contribution in [0.15, 0.2) is 59.8 Å². The lowest BCUT2D eigenvalue weighted by molar-refractivity contribution is -0.119. The summed E-state index contributed by atoms with van der Waals surface area (Å²) in [5.74, 6) is 7.02. The van der Waals surface area contributed by atoms with E-state index < -0.39 is 0 Å². The van der Waals surface area contributed by atoms with Crippen molar-refractivity contribution in [1.29, 1.82) is 0 Å². The Morgan fingerprint density at radius 3 is 2.61 bits per heavy atom. The molecule has 0 aliphatic heterocycles. The van der Waals surface area contributed by atoms with Crippen molar-refractivity contribution >= 4 is 28.6 Å². The van der Waals surface area contributed by atoms with Crippen LogP contribution in [-0.2, 0) is 4.79 Å².